The molecule has 1 heterocycles. The van der Waals surface area contributed by atoms with Crippen LogP contribution < -0.4 is 8.45 Å². The molecule has 0 N–H and O–H groups in total. The molecule has 2 aromatic carbocycles. The Kier molecular flexibility index (Phi) is 7.67. The molecule has 13 heteroatoms. The second-order valence-corrected chi connectivity index (χ2v) is 13.8. The van der Waals surface area contributed by atoms with Gasteiger partial charge in [0.2, 0.25) is 20.0 Å². The van der Waals surface area contributed by atoms with E-state index in [0.29, 0.717) is 12.4 Å². The van der Waals surface area contributed by atoms with Gasteiger partial charge in [0.05, 0.1) is 35.7 Å². The number of hydrogen-bond acceptors (Lipinski definition) is 8. The van der Waals surface area contributed by atoms with Crippen LogP contribution in [0.4, 0.5) is 5.69 Å². The Morgan fingerprint density at radius 2 is 1.46 bits per heavy atom. The first-order valence-electron chi connectivity index (χ1n) is 10.6. The monoisotopic (exact) mass is 544 g/mol. The Hall–Kier alpha value is -2.45. The summed E-state index contributed by atoms with van der Waals surface area (Å²) in [5.74, 6) is 0.684. The number of hydroxylamine groups is 1. The van der Waals surface area contributed by atoms with Gasteiger partial charge < -0.3 is 4.74 Å². The fourth-order valence-electron chi connectivity index (χ4n) is 3.79. The van der Waals surface area contributed by atoms with Crippen LogP contribution in [0, 0.1) is 0 Å². The van der Waals surface area contributed by atoms with Crippen LogP contribution in [0.25, 0.3) is 0 Å². The van der Waals surface area contributed by atoms with Gasteiger partial charge in [-0.3, -0.25) is 4.84 Å². The van der Waals surface area contributed by atoms with Crippen LogP contribution in [0.3, 0.4) is 0 Å². The van der Waals surface area contributed by atoms with Gasteiger partial charge in [0.1, 0.15) is 11.9 Å². The lowest BCUT2D eigenvalue weighted by molar-refractivity contribution is -0.143. The normalized spacial score (nSPS) is 19.7. The minimum atomic E-state index is -4.18. The molecule has 0 spiro atoms. The fraction of sp³-hybridized carbons (Fsp3) is 0.364. The van der Waals surface area contributed by atoms with Gasteiger partial charge in [0.25, 0.3) is 10.0 Å². The summed E-state index contributed by atoms with van der Waals surface area (Å²) >= 11 is 0. The highest BCUT2D eigenvalue weighted by molar-refractivity contribution is 8.09. The minimum absolute atomic E-state index is 0.187. The molecule has 0 fully saturated rings. The standard InChI is InChI=1S/C22H28N2O8S3/c1-6-31-20-11-7-18(8-12-20)22-16(2)15-17(3)23(32-22)35(29,30)21-13-9-19(10-14-21)24(33(4,25)26)34(5,27)28/h7-15,17,22H,6H2,1-5H3. The maximum atomic E-state index is 13.4. The van der Waals surface area contributed by atoms with Crippen molar-refractivity contribution in [3.8, 4) is 5.75 Å². The van der Waals surface area contributed by atoms with E-state index in [1.165, 1.54) is 0 Å². The molecule has 2 aromatic rings. The van der Waals surface area contributed by atoms with Gasteiger partial charge in [0.15, 0.2) is 0 Å². The van der Waals surface area contributed by atoms with Crippen molar-refractivity contribution in [1.82, 2.24) is 4.47 Å². The molecule has 1 aliphatic heterocycles. The third kappa shape index (κ3) is 5.86. The Labute approximate surface area is 206 Å². The van der Waals surface area contributed by atoms with Crippen molar-refractivity contribution in [3.63, 3.8) is 0 Å². The zero-order valence-electron chi connectivity index (χ0n) is 19.9. The molecule has 0 saturated carbocycles. The summed E-state index contributed by atoms with van der Waals surface area (Å²) in [6.07, 6.45) is 2.63. The van der Waals surface area contributed by atoms with E-state index in [0.717, 1.165) is 52.4 Å². The Bertz CT molecular complexity index is 1380. The maximum Gasteiger partial charge on any atom is 0.265 e. The van der Waals surface area contributed by atoms with E-state index in [1.54, 1.807) is 37.3 Å². The van der Waals surface area contributed by atoms with Crippen molar-refractivity contribution in [2.75, 3.05) is 22.8 Å². The molecule has 192 valence electrons. The van der Waals surface area contributed by atoms with E-state index in [2.05, 4.69) is 0 Å². The van der Waals surface area contributed by atoms with E-state index in [1.807, 2.05) is 13.8 Å². The summed E-state index contributed by atoms with van der Waals surface area (Å²) in [6, 6.07) is 11.1. The Balaban J connectivity index is 1.94. The van der Waals surface area contributed by atoms with Crippen molar-refractivity contribution in [1.29, 1.82) is 0 Å². The first kappa shape index (κ1) is 27.1. The van der Waals surface area contributed by atoms with Gasteiger partial charge in [0, 0.05) is 0 Å². The molecule has 2 unspecified atom stereocenters. The predicted octanol–water partition coefficient (Wildman–Crippen LogP) is 2.82. The van der Waals surface area contributed by atoms with Crippen LogP contribution in [0.5, 0.6) is 5.75 Å². The van der Waals surface area contributed by atoms with E-state index >= 15 is 0 Å². The summed E-state index contributed by atoms with van der Waals surface area (Å²) in [6.45, 7) is 5.91. The number of hydrogen-bond donors (Lipinski definition) is 0. The lowest BCUT2D eigenvalue weighted by Gasteiger charge is -2.35. The lowest BCUT2D eigenvalue weighted by Crippen LogP contribution is -2.42. The van der Waals surface area contributed by atoms with Crippen LogP contribution in [0.1, 0.15) is 32.4 Å². The van der Waals surface area contributed by atoms with Crippen molar-refractivity contribution < 1.29 is 34.8 Å². The molecular formula is C22H28N2O8S3. The van der Waals surface area contributed by atoms with Gasteiger partial charge in [-0.2, -0.15) is 3.71 Å². The molecule has 0 amide bonds. The average Bonchev–Trinajstić information content (AvgIpc) is 2.73. The van der Waals surface area contributed by atoms with Crippen LogP contribution in [-0.4, -0.2) is 54.9 Å². The molecule has 0 bridgehead atoms. The highest BCUT2D eigenvalue weighted by Crippen LogP contribution is 2.36. The maximum absolute atomic E-state index is 13.4. The third-order valence-corrected chi connectivity index (χ3v) is 10.1. The van der Waals surface area contributed by atoms with E-state index < -0.39 is 42.2 Å². The number of benzene rings is 2. The summed E-state index contributed by atoms with van der Waals surface area (Å²) in [4.78, 5) is 5.75. The van der Waals surface area contributed by atoms with Crippen LogP contribution in [0.15, 0.2) is 65.1 Å². The molecule has 1 aliphatic rings. The van der Waals surface area contributed by atoms with Gasteiger partial charge in [-0.25, -0.2) is 25.3 Å². The van der Waals surface area contributed by atoms with E-state index in [9.17, 15) is 25.3 Å². The number of anilines is 1. The van der Waals surface area contributed by atoms with Crippen molar-refractivity contribution in [2.45, 2.75) is 37.8 Å². The molecule has 0 radical (unpaired) electrons. The van der Waals surface area contributed by atoms with Crippen LogP contribution in [0.2, 0.25) is 0 Å². The summed E-state index contributed by atoms with van der Waals surface area (Å²) in [7, 11) is -12.5. The van der Waals surface area contributed by atoms with Gasteiger partial charge in [-0.15, -0.1) is 0 Å². The number of ether oxygens (including phenoxy) is 1. The summed E-state index contributed by atoms with van der Waals surface area (Å²) in [5.41, 5.74) is 1.37. The second kappa shape index (κ2) is 9.90. The molecule has 0 aromatic heterocycles. The third-order valence-electron chi connectivity index (χ3n) is 5.14. The predicted molar refractivity (Wildman–Crippen MR) is 132 cm³/mol. The Morgan fingerprint density at radius 1 is 0.914 bits per heavy atom. The molecule has 3 rings (SSSR count). The van der Waals surface area contributed by atoms with Crippen molar-refractivity contribution >= 4 is 35.8 Å². The van der Waals surface area contributed by atoms with Crippen molar-refractivity contribution in [2.24, 2.45) is 0 Å². The molecule has 10 nitrogen and oxygen atoms in total. The van der Waals surface area contributed by atoms with Crippen molar-refractivity contribution in [3.05, 3.63) is 65.7 Å². The Morgan fingerprint density at radius 3 is 1.94 bits per heavy atom. The number of sulfonamides is 3. The smallest absolute Gasteiger partial charge is 0.265 e. The molecular weight excluding hydrogens is 516 g/mol. The van der Waals surface area contributed by atoms with Crippen LogP contribution in [-0.2, 0) is 34.9 Å². The van der Waals surface area contributed by atoms with Gasteiger partial charge in [-0.05, 0) is 68.3 Å². The zero-order valence-corrected chi connectivity index (χ0v) is 22.4. The summed E-state index contributed by atoms with van der Waals surface area (Å²) in [5, 5.41) is 0. The zero-order chi connectivity index (χ0) is 26.2. The fourth-order valence-corrected chi connectivity index (χ4v) is 8.15. The molecule has 0 aliphatic carbocycles. The average molecular weight is 545 g/mol. The minimum Gasteiger partial charge on any atom is -0.494 e. The van der Waals surface area contributed by atoms with Crippen LogP contribution >= 0.6 is 0 Å². The highest BCUT2D eigenvalue weighted by atomic mass is 32.3. The van der Waals surface area contributed by atoms with Gasteiger partial charge in [-0.1, -0.05) is 22.7 Å². The number of nitrogens with zero attached hydrogens (tertiary/aromatic N) is 2. The SMILES string of the molecule is CCOc1ccc(C2ON(S(=O)(=O)c3ccc(N(S(C)(=O)=O)S(C)(=O)=O)cc3)C(C)C=C2C)cc1. The first-order chi connectivity index (χ1) is 16.2. The quantitative estimate of drug-likeness (QED) is 0.464. The molecule has 2 atom stereocenters. The molecule has 35 heavy (non-hydrogen) atoms. The van der Waals surface area contributed by atoms with E-state index in [4.69, 9.17) is 9.57 Å². The molecule has 0 saturated heterocycles. The number of rotatable bonds is 8. The first-order valence-corrected chi connectivity index (χ1v) is 15.7. The van der Waals surface area contributed by atoms with E-state index in [-0.39, 0.29) is 14.3 Å². The largest absolute Gasteiger partial charge is 0.494 e. The topological polar surface area (TPSA) is 127 Å². The second-order valence-electron chi connectivity index (χ2n) is 8.12. The lowest BCUT2D eigenvalue weighted by atomic mass is 10.00. The highest BCUT2D eigenvalue weighted by Gasteiger charge is 2.37. The van der Waals surface area contributed by atoms with Gasteiger partial charge >= 0.3 is 0 Å². The summed E-state index contributed by atoms with van der Waals surface area (Å²) < 4.78 is 81.4.